The Labute approximate surface area is 541 Å². The van der Waals surface area contributed by atoms with E-state index in [0.29, 0.717) is 19.6 Å². The van der Waals surface area contributed by atoms with Crippen LogP contribution in [-0.2, 0) is 80.2 Å². The largest absolute Gasteiger partial charge is 0.481 e. The minimum atomic E-state index is -1.69. The summed E-state index contributed by atoms with van der Waals surface area (Å²) in [6.45, 7) is -1.50. The highest BCUT2D eigenvalue weighted by atomic mass is 16.4. The minimum Gasteiger partial charge on any atom is -0.481 e. The predicted molar refractivity (Wildman–Crippen MR) is 328 cm³/mol. The number of carbonyl (C=O) groups is 14. The molecule has 0 aliphatic carbocycles. The van der Waals surface area contributed by atoms with Gasteiger partial charge in [0, 0.05) is 161 Å². The highest BCUT2D eigenvalue weighted by molar-refractivity contribution is 5.95. The lowest BCUT2D eigenvalue weighted by Gasteiger charge is -2.38. The summed E-state index contributed by atoms with van der Waals surface area (Å²) in [5.41, 5.74) is 5.66. The molecule has 0 radical (unpaired) electrons. The number of carboxylic acid groups (broad SMARTS) is 6. The monoisotopic (exact) mass is 1330 g/mol. The number of primary amides is 1. The third-order valence-corrected chi connectivity index (χ3v) is 14.8. The number of carbonyl (C=O) groups excluding carboxylic acids is 8. The van der Waals surface area contributed by atoms with Crippen LogP contribution in [0.4, 0.5) is 0 Å². The Hall–Kier alpha value is -9.20. The van der Waals surface area contributed by atoms with E-state index in [1.54, 1.807) is 46.6 Å². The molecule has 2 aromatic heterocycles. The molecule has 8 amide bonds. The van der Waals surface area contributed by atoms with E-state index in [9.17, 15) is 97.8 Å². The number of nitrogens with one attached hydrogen (secondary N) is 8. The molecule has 1 saturated heterocycles. The van der Waals surface area contributed by atoms with Crippen molar-refractivity contribution < 1.29 is 97.8 Å². The maximum absolute atomic E-state index is 14.6. The number of rotatable bonds is 46. The Kier molecular flexibility index (Phi) is 37.3. The first-order valence-corrected chi connectivity index (χ1v) is 30.9. The second-order valence-corrected chi connectivity index (χ2v) is 22.4. The molecule has 1 unspecified atom stereocenters. The number of nitrogens with two attached hydrogens (primary N) is 1. The van der Waals surface area contributed by atoms with Crippen LogP contribution in [0.2, 0.25) is 0 Å². The van der Waals surface area contributed by atoms with Crippen LogP contribution in [0.15, 0.2) is 37.4 Å². The Morgan fingerprint density at radius 1 is 0.426 bits per heavy atom. The molecule has 37 heteroatoms. The van der Waals surface area contributed by atoms with Gasteiger partial charge in [0.1, 0.15) is 18.1 Å². The molecule has 0 spiro atoms. The van der Waals surface area contributed by atoms with Gasteiger partial charge >= 0.3 is 35.8 Å². The molecule has 16 N–H and O–H groups in total. The van der Waals surface area contributed by atoms with Crippen molar-refractivity contribution in [1.82, 2.24) is 81.2 Å². The van der Waals surface area contributed by atoms with Crippen molar-refractivity contribution >= 4 is 83.1 Å². The molecule has 0 saturated carbocycles. The summed E-state index contributed by atoms with van der Waals surface area (Å²) < 4.78 is 3.52. The molecule has 0 bridgehead atoms. The SMILES string of the molecule is NC(=O)[C@@H](CCCCNC(=O)CCC(=O)NCCn1ccnc1)NC(=O)[C@@H](CCC(=O)O)NC(=O)[C@@H](CCCCNC(=O)CCC(=O)NCCn1ccnc1)NC(=O)[C@@H](CCC(=O)O)NCC1CN(CC(=O)O)CCN(CC(=O)O)CCN(CC(=O)O)CCN1CC(=O)O. The quantitative estimate of drug-likeness (QED) is 0.0275. The molecule has 3 heterocycles. The van der Waals surface area contributed by atoms with Gasteiger partial charge in [-0.2, -0.15) is 0 Å². The average molecular weight is 1330 g/mol. The number of hydrogen-bond donors (Lipinski definition) is 15. The Balaban J connectivity index is 1.86. The van der Waals surface area contributed by atoms with E-state index in [2.05, 4.69) is 52.5 Å². The van der Waals surface area contributed by atoms with Crippen LogP contribution in [0, 0.1) is 0 Å². The molecule has 3 rings (SSSR count). The molecular formula is C57H91N17O20. The van der Waals surface area contributed by atoms with Crippen molar-refractivity contribution in [2.45, 2.75) is 133 Å². The highest BCUT2D eigenvalue weighted by Gasteiger charge is 2.33. The molecule has 94 heavy (non-hydrogen) atoms. The van der Waals surface area contributed by atoms with Crippen LogP contribution in [0.25, 0.3) is 0 Å². The van der Waals surface area contributed by atoms with Crippen LogP contribution < -0.4 is 48.3 Å². The minimum absolute atomic E-state index is 0.0159. The van der Waals surface area contributed by atoms with Crippen LogP contribution in [0.3, 0.4) is 0 Å². The summed E-state index contributed by atoms with van der Waals surface area (Å²) in [5.74, 6) is -13.6. The van der Waals surface area contributed by atoms with Gasteiger partial charge in [-0.1, -0.05) is 0 Å². The molecule has 1 fully saturated rings. The third kappa shape index (κ3) is 35.6. The van der Waals surface area contributed by atoms with Gasteiger partial charge in [0.25, 0.3) is 0 Å². The van der Waals surface area contributed by atoms with E-state index in [1.807, 2.05) is 0 Å². The summed E-state index contributed by atoms with van der Waals surface area (Å²) in [6, 6.07) is -7.21. The van der Waals surface area contributed by atoms with Crippen LogP contribution in [0.5, 0.6) is 0 Å². The van der Waals surface area contributed by atoms with Gasteiger partial charge in [-0.25, -0.2) is 9.97 Å². The number of imidazole rings is 2. The number of aliphatic carboxylic acids is 6. The van der Waals surface area contributed by atoms with Gasteiger partial charge in [-0.3, -0.25) is 86.7 Å². The summed E-state index contributed by atoms with van der Waals surface area (Å²) in [7, 11) is 0. The van der Waals surface area contributed by atoms with Crippen LogP contribution in [0.1, 0.15) is 89.9 Å². The second-order valence-electron chi connectivity index (χ2n) is 22.4. The van der Waals surface area contributed by atoms with Crippen molar-refractivity contribution in [3.63, 3.8) is 0 Å². The molecule has 5 atom stereocenters. The molecule has 1 aliphatic heterocycles. The van der Waals surface area contributed by atoms with Gasteiger partial charge in [0.2, 0.25) is 47.3 Å². The van der Waals surface area contributed by atoms with Gasteiger partial charge < -0.3 is 88.0 Å². The van der Waals surface area contributed by atoms with Crippen molar-refractivity contribution in [2.24, 2.45) is 5.73 Å². The van der Waals surface area contributed by atoms with Crippen molar-refractivity contribution in [3.8, 4) is 0 Å². The maximum atomic E-state index is 14.6. The normalized spacial score (nSPS) is 15.6. The summed E-state index contributed by atoms with van der Waals surface area (Å²) >= 11 is 0. The number of aromatic nitrogens is 4. The molecule has 0 aromatic carbocycles. The lowest BCUT2D eigenvalue weighted by Crippen LogP contribution is -2.59. The van der Waals surface area contributed by atoms with Crippen molar-refractivity contribution in [2.75, 3.05) is 105 Å². The summed E-state index contributed by atoms with van der Waals surface area (Å²) in [6.07, 6.45) is 7.37. The number of unbranched alkanes of at least 4 members (excludes halogenated alkanes) is 2. The second kappa shape index (κ2) is 44.4. The molecular weight excluding hydrogens is 1240 g/mol. The van der Waals surface area contributed by atoms with Gasteiger partial charge in [-0.15, -0.1) is 0 Å². The molecule has 37 nitrogen and oxygen atoms in total. The Morgan fingerprint density at radius 2 is 0.798 bits per heavy atom. The predicted octanol–water partition coefficient (Wildman–Crippen LogP) is -5.30. The van der Waals surface area contributed by atoms with Gasteiger partial charge in [0.05, 0.1) is 44.9 Å². The fourth-order valence-corrected chi connectivity index (χ4v) is 9.83. The smallest absolute Gasteiger partial charge is 0.317 e. The third-order valence-electron chi connectivity index (χ3n) is 14.8. The van der Waals surface area contributed by atoms with E-state index in [0.717, 1.165) is 0 Å². The summed E-state index contributed by atoms with van der Waals surface area (Å²) in [4.78, 5) is 192. The first kappa shape index (κ1) is 79.0. The standard InChI is InChI=1S/C57H91N17O20/c58-54(91)40(5-1-3-15-61-44(75)9-11-46(77)63-19-23-71-21-17-59-37-71)66-57(94)43(8-14-49(81)82)68-56(93)42(6-2-4-16-62-45(76)10-12-47(78)64-20-24-72-22-18-60-38-72)67-55(92)41(7-13-48(79)80)65-31-39-32-73(35-52(87)88)28-27-69(33-50(83)84)25-26-70(34-51(85)86)29-30-74(39)36-53(89)90/h17-18,21-22,37-43,65H,1-16,19-20,23-36H2,(H2,58,91)(H,61,75)(H,62,76)(H,63,77)(H,64,78)(H,66,94)(H,67,92)(H,68,93)(H,79,80)(H,81,82)(H,83,84)(H,85,86)(H,87,88)(H,89,90)/t39?,40-,41-,42-,43-/m1/s1. The van der Waals surface area contributed by atoms with Gasteiger partial charge in [-0.05, 0) is 51.4 Å². The molecule has 1 aliphatic rings. The van der Waals surface area contributed by atoms with Gasteiger partial charge in [0.15, 0.2) is 0 Å². The van der Waals surface area contributed by atoms with E-state index in [4.69, 9.17) is 5.73 Å². The Morgan fingerprint density at radius 3 is 1.21 bits per heavy atom. The fourth-order valence-electron chi connectivity index (χ4n) is 9.83. The number of amides is 8. The fraction of sp³-hybridized carbons (Fsp3) is 0.649. The van der Waals surface area contributed by atoms with E-state index in [-0.39, 0.29) is 148 Å². The zero-order valence-corrected chi connectivity index (χ0v) is 52.5. The number of carboxylic acids is 6. The average Bonchev–Trinajstić information content (AvgIpc) is 1.30. The lowest BCUT2D eigenvalue weighted by atomic mass is 10.0. The zero-order valence-electron chi connectivity index (χ0n) is 52.5. The highest BCUT2D eigenvalue weighted by Crippen LogP contribution is 2.12. The Bertz CT molecular complexity index is 2780. The van der Waals surface area contributed by atoms with Crippen LogP contribution in [-0.4, -0.2) is 287 Å². The van der Waals surface area contributed by atoms with E-state index < -0.39 is 153 Å². The zero-order chi connectivity index (χ0) is 69.4. The summed E-state index contributed by atoms with van der Waals surface area (Å²) in [5, 5.41) is 80.1. The van der Waals surface area contributed by atoms with E-state index in [1.165, 1.54) is 19.6 Å². The number of nitrogens with zero attached hydrogens (tertiary/aromatic N) is 8. The number of hydrogen-bond acceptors (Lipinski definition) is 21. The van der Waals surface area contributed by atoms with Crippen LogP contribution >= 0.6 is 0 Å². The topological polar surface area (TPSA) is 531 Å². The van der Waals surface area contributed by atoms with Crippen molar-refractivity contribution in [1.29, 1.82) is 0 Å². The molecule has 2 aromatic rings. The van der Waals surface area contributed by atoms with Crippen molar-refractivity contribution in [3.05, 3.63) is 37.4 Å². The lowest BCUT2D eigenvalue weighted by molar-refractivity contribution is -0.142. The maximum Gasteiger partial charge on any atom is 0.317 e. The van der Waals surface area contributed by atoms with E-state index >= 15 is 0 Å². The first-order valence-electron chi connectivity index (χ1n) is 30.9. The first-order chi connectivity index (χ1) is 44.8. The molecule has 524 valence electrons.